The molecule has 0 aliphatic rings. The van der Waals surface area contributed by atoms with Crippen molar-refractivity contribution in [2.45, 2.75) is 58.3 Å². The quantitative estimate of drug-likeness (QED) is 0.254. The monoisotopic (exact) mass is 206 g/mol. The summed E-state index contributed by atoms with van der Waals surface area (Å²) in [5, 5.41) is 0. The van der Waals surface area contributed by atoms with Crippen molar-refractivity contribution < 1.29 is 0 Å². The average molecular weight is 206 g/mol. The maximum Gasteiger partial charge on any atom is -0.0348 e. The molecule has 0 aromatic rings. The van der Waals surface area contributed by atoms with E-state index in [1.165, 1.54) is 51.4 Å². The number of unbranched alkanes of at least 4 members (excludes halogenated alkanes) is 6. The molecule has 0 rings (SSSR count). The summed E-state index contributed by atoms with van der Waals surface area (Å²) in [7, 11) is 0. The summed E-state index contributed by atoms with van der Waals surface area (Å²) in [6.45, 7) is 5.87. The maximum absolute atomic E-state index is 3.65. The first-order valence-electron chi connectivity index (χ1n) is 6.34. The Kier molecular flexibility index (Phi) is 12.5. The highest BCUT2D eigenvalue weighted by Crippen LogP contribution is 2.06. The van der Waals surface area contributed by atoms with Crippen molar-refractivity contribution in [3.05, 3.63) is 37.0 Å². The molecule has 0 heterocycles. The highest BCUT2D eigenvalue weighted by atomic mass is 13.9. The van der Waals surface area contributed by atoms with Gasteiger partial charge < -0.3 is 0 Å². The van der Waals surface area contributed by atoms with Crippen LogP contribution in [0.3, 0.4) is 0 Å². The third kappa shape index (κ3) is 13.2. The zero-order chi connectivity index (χ0) is 11.2. The molecule has 15 heavy (non-hydrogen) atoms. The van der Waals surface area contributed by atoms with Crippen LogP contribution in [-0.4, -0.2) is 0 Å². The molecule has 0 radical (unpaired) electrons. The zero-order valence-electron chi connectivity index (χ0n) is 10.3. The van der Waals surface area contributed by atoms with Crippen molar-refractivity contribution in [3.8, 4) is 0 Å². The van der Waals surface area contributed by atoms with Crippen LogP contribution in [0.25, 0.3) is 0 Å². The van der Waals surface area contributed by atoms with Crippen LogP contribution >= 0.6 is 0 Å². The van der Waals surface area contributed by atoms with Gasteiger partial charge in [0, 0.05) is 0 Å². The van der Waals surface area contributed by atoms with Crippen molar-refractivity contribution in [2.24, 2.45) is 0 Å². The van der Waals surface area contributed by atoms with Gasteiger partial charge in [-0.2, -0.15) is 0 Å². The van der Waals surface area contributed by atoms with E-state index in [1.807, 2.05) is 12.2 Å². The van der Waals surface area contributed by atoms with Gasteiger partial charge in [0.05, 0.1) is 0 Å². The van der Waals surface area contributed by atoms with Crippen LogP contribution in [0.5, 0.6) is 0 Å². The lowest BCUT2D eigenvalue weighted by molar-refractivity contribution is 0.652. The van der Waals surface area contributed by atoms with Gasteiger partial charge in [-0.05, 0) is 32.1 Å². The molecule has 0 saturated carbocycles. The van der Waals surface area contributed by atoms with Gasteiger partial charge in [-0.1, -0.05) is 63.1 Å². The highest BCUT2D eigenvalue weighted by Gasteiger charge is 1.87. The molecule has 0 unspecified atom stereocenters. The van der Waals surface area contributed by atoms with Crippen LogP contribution < -0.4 is 0 Å². The van der Waals surface area contributed by atoms with E-state index in [0.717, 1.165) is 0 Å². The Hall–Kier alpha value is -0.780. The summed E-state index contributed by atoms with van der Waals surface area (Å²) < 4.78 is 0. The molecule has 86 valence electrons. The van der Waals surface area contributed by atoms with Gasteiger partial charge in [-0.3, -0.25) is 0 Å². The first-order chi connectivity index (χ1) is 7.41. The van der Waals surface area contributed by atoms with Crippen molar-refractivity contribution in [3.63, 3.8) is 0 Å². The molecule has 0 heteroatoms. The molecule has 0 atom stereocenters. The Morgan fingerprint density at radius 2 is 1.40 bits per heavy atom. The Morgan fingerprint density at radius 1 is 0.800 bits per heavy atom. The second-order valence-corrected chi connectivity index (χ2v) is 3.92. The Morgan fingerprint density at radius 3 is 2.00 bits per heavy atom. The maximum atomic E-state index is 3.65. The minimum absolute atomic E-state index is 1.21. The van der Waals surface area contributed by atoms with Gasteiger partial charge in [-0.25, -0.2) is 0 Å². The Bertz CT molecular complexity index is 174. The largest absolute Gasteiger partial charge is 0.0991 e. The molecule has 0 amide bonds. The Balaban J connectivity index is 3.04. The lowest BCUT2D eigenvalue weighted by Crippen LogP contribution is -1.76. The molecule has 0 aromatic carbocycles. The van der Waals surface area contributed by atoms with E-state index in [1.54, 1.807) is 0 Å². The summed E-state index contributed by atoms with van der Waals surface area (Å²) in [6, 6.07) is 0. The summed E-state index contributed by atoms with van der Waals surface area (Å²) in [5.74, 6) is 0. The molecule has 0 bridgehead atoms. The van der Waals surface area contributed by atoms with Gasteiger partial charge in [0.1, 0.15) is 0 Å². The van der Waals surface area contributed by atoms with Crippen LogP contribution in [0.1, 0.15) is 58.3 Å². The fourth-order valence-corrected chi connectivity index (χ4v) is 1.47. The molecule has 0 N–H and O–H groups in total. The van der Waals surface area contributed by atoms with E-state index in [-0.39, 0.29) is 0 Å². The molecule has 0 fully saturated rings. The second-order valence-electron chi connectivity index (χ2n) is 3.92. The van der Waals surface area contributed by atoms with Crippen molar-refractivity contribution >= 4 is 0 Å². The van der Waals surface area contributed by atoms with Crippen molar-refractivity contribution in [1.29, 1.82) is 0 Å². The van der Waals surface area contributed by atoms with Gasteiger partial charge in [0.25, 0.3) is 0 Å². The molecule has 0 aliphatic heterocycles. The number of hydrogen-bond donors (Lipinski definition) is 0. The molecular weight excluding hydrogens is 180 g/mol. The fraction of sp³-hybridized carbons (Fsp3) is 0.600. The second kappa shape index (κ2) is 13.2. The Labute approximate surface area is 95.8 Å². The van der Waals surface area contributed by atoms with E-state index in [9.17, 15) is 0 Å². The standard InChI is InChI=1S/C15H26/c1-3-5-7-9-11-13-15-14-12-10-8-6-4-2/h3,5,7-8,10H,1,4,6,9,11-15H2,2H3. The third-order valence-electron chi connectivity index (χ3n) is 2.39. The van der Waals surface area contributed by atoms with Crippen molar-refractivity contribution in [2.75, 3.05) is 0 Å². The summed E-state index contributed by atoms with van der Waals surface area (Å²) >= 11 is 0. The summed E-state index contributed by atoms with van der Waals surface area (Å²) in [4.78, 5) is 0. The van der Waals surface area contributed by atoms with E-state index < -0.39 is 0 Å². The summed E-state index contributed by atoms with van der Waals surface area (Å²) in [6.07, 6.45) is 21.1. The molecule has 0 nitrogen and oxygen atoms in total. The van der Waals surface area contributed by atoms with Crippen LogP contribution in [0.4, 0.5) is 0 Å². The number of hydrogen-bond acceptors (Lipinski definition) is 0. The average Bonchev–Trinajstić information content (AvgIpc) is 2.26. The molecule has 0 saturated heterocycles. The molecular formula is C15H26. The van der Waals surface area contributed by atoms with Crippen LogP contribution in [0.15, 0.2) is 37.0 Å². The predicted octanol–water partition coefficient (Wildman–Crippen LogP) is 5.43. The predicted molar refractivity (Wildman–Crippen MR) is 71.1 cm³/mol. The van der Waals surface area contributed by atoms with Gasteiger partial charge in [0.2, 0.25) is 0 Å². The van der Waals surface area contributed by atoms with E-state index in [0.29, 0.717) is 0 Å². The minimum atomic E-state index is 1.21. The first-order valence-corrected chi connectivity index (χ1v) is 6.34. The van der Waals surface area contributed by atoms with E-state index in [2.05, 4.69) is 31.7 Å². The fourth-order valence-electron chi connectivity index (χ4n) is 1.47. The number of allylic oxidation sites excluding steroid dienone is 5. The molecule has 0 spiro atoms. The molecule has 0 aliphatic carbocycles. The topological polar surface area (TPSA) is 0 Å². The first kappa shape index (κ1) is 14.2. The van der Waals surface area contributed by atoms with Crippen LogP contribution in [0.2, 0.25) is 0 Å². The van der Waals surface area contributed by atoms with Crippen LogP contribution in [0, 0.1) is 0 Å². The van der Waals surface area contributed by atoms with E-state index in [4.69, 9.17) is 0 Å². The van der Waals surface area contributed by atoms with Crippen molar-refractivity contribution in [1.82, 2.24) is 0 Å². The third-order valence-corrected chi connectivity index (χ3v) is 2.39. The van der Waals surface area contributed by atoms with Gasteiger partial charge in [-0.15, -0.1) is 0 Å². The van der Waals surface area contributed by atoms with Crippen LogP contribution in [-0.2, 0) is 0 Å². The number of rotatable bonds is 10. The summed E-state index contributed by atoms with van der Waals surface area (Å²) in [5.41, 5.74) is 0. The van der Waals surface area contributed by atoms with Gasteiger partial charge >= 0.3 is 0 Å². The van der Waals surface area contributed by atoms with E-state index >= 15 is 0 Å². The zero-order valence-corrected chi connectivity index (χ0v) is 10.3. The van der Waals surface area contributed by atoms with Gasteiger partial charge in [0.15, 0.2) is 0 Å². The lowest BCUT2D eigenvalue weighted by Gasteiger charge is -1.96. The normalized spacial score (nSPS) is 11.5. The minimum Gasteiger partial charge on any atom is -0.0991 e. The highest BCUT2D eigenvalue weighted by molar-refractivity contribution is 4.96. The SMILES string of the molecule is C=CC=CCCCCCCC=CCCC. The smallest absolute Gasteiger partial charge is 0.0348 e. The lowest BCUT2D eigenvalue weighted by atomic mass is 10.1. The molecule has 0 aromatic heterocycles.